The van der Waals surface area contributed by atoms with Crippen LogP contribution in [0.5, 0.6) is 0 Å². The van der Waals surface area contributed by atoms with Crippen LogP contribution in [0.15, 0.2) is 0 Å². The van der Waals surface area contributed by atoms with Gasteiger partial charge >= 0.3 is 5.97 Å². The Bertz CT molecular complexity index is 370. The Morgan fingerprint density at radius 1 is 1.33 bits per heavy atom. The van der Waals surface area contributed by atoms with Gasteiger partial charge in [0.15, 0.2) is 0 Å². The second-order valence-electron chi connectivity index (χ2n) is 5.52. The number of rotatable bonds is 5. The second kappa shape index (κ2) is 7.72. The quantitative estimate of drug-likeness (QED) is 0.672. The molecule has 120 valence electrons. The highest BCUT2D eigenvalue weighted by Crippen LogP contribution is 2.19. The zero-order valence-corrected chi connectivity index (χ0v) is 12.5. The Kier molecular flexibility index (Phi) is 5.96. The summed E-state index contributed by atoms with van der Waals surface area (Å²) in [6, 6.07) is -0.386. The van der Waals surface area contributed by atoms with Gasteiger partial charge in [0.05, 0.1) is 26.4 Å². The van der Waals surface area contributed by atoms with Gasteiger partial charge in [-0.2, -0.15) is 0 Å². The summed E-state index contributed by atoms with van der Waals surface area (Å²) in [6.45, 7) is 3.61. The third-order valence-electron chi connectivity index (χ3n) is 4.05. The Hall–Kier alpha value is -1.18. The lowest BCUT2D eigenvalue weighted by Crippen LogP contribution is -2.41. The van der Waals surface area contributed by atoms with Crippen LogP contribution in [-0.4, -0.2) is 85.4 Å². The van der Waals surface area contributed by atoms with E-state index in [9.17, 15) is 14.7 Å². The van der Waals surface area contributed by atoms with Gasteiger partial charge in [-0.3, -0.25) is 14.5 Å². The summed E-state index contributed by atoms with van der Waals surface area (Å²) in [5.41, 5.74) is 0. The van der Waals surface area contributed by atoms with E-state index >= 15 is 0 Å². The largest absolute Gasteiger partial charge is 0.468 e. The molecule has 21 heavy (non-hydrogen) atoms. The van der Waals surface area contributed by atoms with Gasteiger partial charge in [-0.1, -0.05) is 0 Å². The highest BCUT2D eigenvalue weighted by molar-refractivity contribution is 5.77. The molecule has 1 amide bonds. The molecule has 0 aliphatic carbocycles. The number of methoxy groups -OCH3 is 1. The molecule has 0 aromatic carbocycles. The number of aliphatic hydroxyl groups excluding tert-OH is 1. The first kappa shape index (κ1) is 16.2. The molecule has 2 heterocycles. The highest BCUT2D eigenvalue weighted by Gasteiger charge is 2.36. The molecule has 2 saturated heterocycles. The predicted molar refractivity (Wildman–Crippen MR) is 74.6 cm³/mol. The molecule has 2 rings (SSSR count). The highest BCUT2D eigenvalue weighted by atomic mass is 16.5. The predicted octanol–water partition coefficient (Wildman–Crippen LogP) is -0.766. The monoisotopic (exact) mass is 300 g/mol. The van der Waals surface area contributed by atoms with Gasteiger partial charge in [0.1, 0.15) is 6.04 Å². The van der Waals surface area contributed by atoms with Crippen LogP contribution >= 0.6 is 0 Å². The van der Waals surface area contributed by atoms with Crippen molar-refractivity contribution in [2.24, 2.45) is 0 Å². The zero-order valence-electron chi connectivity index (χ0n) is 12.5. The number of morpholine rings is 1. The lowest BCUT2D eigenvalue weighted by molar-refractivity contribution is -0.145. The van der Waals surface area contributed by atoms with Gasteiger partial charge in [-0.25, -0.2) is 0 Å². The molecule has 1 N–H and O–H groups in total. The van der Waals surface area contributed by atoms with E-state index in [-0.39, 0.29) is 17.9 Å². The number of hydrogen-bond donors (Lipinski definition) is 1. The van der Waals surface area contributed by atoms with Crippen LogP contribution < -0.4 is 0 Å². The Morgan fingerprint density at radius 2 is 2.05 bits per heavy atom. The number of carbonyl (C=O) groups excluding carboxylic acids is 2. The Balaban J connectivity index is 1.74. The van der Waals surface area contributed by atoms with Crippen molar-refractivity contribution < 1.29 is 24.2 Å². The van der Waals surface area contributed by atoms with E-state index in [4.69, 9.17) is 9.47 Å². The van der Waals surface area contributed by atoms with Crippen LogP contribution in [0.1, 0.15) is 19.3 Å². The number of β-amino-alcohol motifs (C(OH)–C–C–N with tert-alkyl or cyclic N) is 1. The van der Waals surface area contributed by atoms with Crippen molar-refractivity contribution >= 4 is 11.9 Å². The van der Waals surface area contributed by atoms with Gasteiger partial charge in [0.2, 0.25) is 5.91 Å². The fraction of sp³-hybridized carbons (Fsp3) is 0.857. The SMILES string of the molecule is COC(=O)C1CC(O)CN1CCCC(=O)N1CCOCC1. The topological polar surface area (TPSA) is 79.3 Å². The molecule has 7 heteroatoms. The number of carbonyl (C=O) groups is 2. The molecule has 2 fully saturated rings. The summed E-state index contributed by atoms with van der Waals surface area (Å²) < 4.78 is 9.97. The maximum Gasteiger partial charge on any atom is 0.323 e. The molecule has 0 radical (unpaired) electrons. The van der Waals surface area contributed by atoms with E-state index in [0.717, 1.165) is 0 Å². The van der Waals surface area contributed by atoms with Crippen molar-refractivity contribution in [1.82, 2.24) is 9.80 Å². The number of ether oxygens (including phenoxy) is 2. The average Bonchev–Trinajstić information content (AvgIpc) is 2.88. The molecular weight excluding hydrogens is 276 g/mol. The summed E-state index contributed by atoms with van der Waals surface area (Å²) in [6.07, 6.45) is 1.05. The first-order valence-electron chi connectivity index (χ1n) is 7.47. The molecule has 0 aromatic heterocycles. The fourth-order valence-electron chi connectivity index (χ4n) is 2.91. The standard InChI is InChI=1S/C14H24N2O5/c1-20-14(19)12-9-11(17)10-16(12)4-2-3-13(18)15-5-7-21-8-6-15/h11-12,17H,2-10H2,1H3. The van der Waals surface area contributed by atoms with Crippen molar-refractivity contribution in [2.75, 3.05) is 46.5 Å². The molecule has 0 bridgehead atoms. The Labute approximate surface area is 124 Å². The van der Waals surface area contributed by atoms with Gasteiger partial charge in [-0.15, -0.1) is 0 Å². The van der Waals surface area contributed by atoms with Crippen LogP contribution in [0.3, 0.4) is 0 Å². The van der Waals surface area contributed by atoms with Crippen molar-refractivity contribution in [3.63, 3.8) is 0 Å². The minimum Gasteiger partial charge on any atom is -0.468 e. The zero-order chi connectivity index (χ0) is 15.2. The van der Waals surface area contributed by atoms with Gasteiger partial charge in [-0.05, 0) is 13.0 Å². The number of esters is 1. The minimum atomic E-state index is -0.496. The van der Waals surface area contributed by atoms with Crippen molar-refractivity contribution in [3.05, 3.63) is 0 Å². The number of aliphatic hydroxyl groups is 1. The van der Waals surface area contributed by atoms with Crippen LogP contribution in [0.2, 0.25) is 0 Å². The minimum absolute atomic E-state index is 0.132. The van der Waals surface area contributed by atoms with Gasteiger partial charge in [0, 0.05) is 32.5 Å². The lowest BCUT2D eigenvalue weighted by atomic mass is 10.2. The lowest BCUT2D eigenvalue weighted by Gasteiger charge is -2.27. The van der Waals surface area contributed by atoms with Crippen LogP contribution in [0.4, 0.5) is 0 Å². The van der Waals surface area contributed by atoms with Gasteiger partial charge in [0.25, 0.3) is 0 Å². The molecule has 2 unspecified atom stereocenters. The molecule has 0 spiro atoms. The van der Waals surface area contributed by atoms with E-state index < -0.39 is 6.10 Å². The first-order valence-corrected chi connectivity index (χ1v) is 7.47. The van der Waals surface area contributed by atoms with Crippen molar-refractivity contribution in [2.45, 2.75) is 31.4 Å². The number of amides is 1. The first-order chi connectivity index (χ1) is 10.1. The van der Waals surface area contributed by atoms with E-state index in [1.54, 1.807) is 0 Å². The second-order valence-corrected chi connectivity index (χ2v) is 5.52. The molecule has 0 saturated carbocycles. The molecule has 7 nitrogen and oxygen atoms in total. The third kappa shape index (κ3) is 4.39. The maximum atomic E-state index is 12.0. The molecule has 0 aromatic rings. The summed E-state index contributed by atoms with van der Waals surface area (Å²) in [5.74, 6) is -0.182. The van der Waals surface area contributed by atoms with Crippen molar-refractivity contribution in [1.29, 1.82) is 0 Å². The van der Waals surface area contributed by atoms with E-state index in [0.29, 0.717) is 58.7 Å². The summed E-state index contributed by atoms with van der Waals surface area (Å²) in [4.78, 5) is 27.4. The van der Waals surface area contributed by atoms with Crippen LogP contribution in [0, 0.1) is 0 Å². The average molecular weight is 300 g/mol. The van der Waals surface area contributed by atoms with E-state index in [1.165, 1.54) is 7.11 Å². The molecule has 2 aliphatic rings. The smallest absolute Gasteiger partial charge is 0.323 e. The summed E-state index contributed by atoms with van der Waals surface area (Å²) in [7, 11) is 1.35. The number of hydrogen-bond acceptors (Lipinski definition) is 6. The van der Waals surface area contributed by atoms with E-state index in [2.05, 4.69) is 0 Å². The number of likely N-dealkylation sites (tertiary alicyclic amines) is 1. The fourth-order valence-corrected chi connectivity index (χ4v) is 2.91. The third-order valence-corrected chi connectivity index (χ3v) is 4.05. The molecule has 2 atom stereocenters. The van der Waals surface area contributed by atoms with Crippen LogP contribution in [0.25, 0.3) is 0 Å². The summed E-state index contributed by atoms with van der Waals surface area (Å²) >= 11 is 0. The van der Waals surface area contributed by atoms with Crippen molar-refractivity contribution in [3.8, 4) is 0 Å². The van der Waals surface area contributed by atoms with E-state index in [1.807, 2.05) is 9.80 Å². The van der Waals surface area contributed by atoms with Gasteiger partial charge < -0.3 is 19.5 Å². The Morgan fingerprint density at radius 3 is 2.71 bits per heavy atom. The van der Waals surface area contributed by atoms with Crippen LogP contribution in [-0.2, 0) is 19.1 Å². The summed E-state index contributed by atoms with van der Waals surface area (Å²) in [5, 5.41) is 9.69. The molecular formula is C14H24N2O5. The maximum absolute atomic E-state index is 12.0. The number of nitrogens with zero attached hydrogens (tertiary/aromatic N) is 2. The normalized spacial score (nSPS) is 26.9. The molecule has 2 aliphatic heterocycles.